The van der Waals surface area contributed by atoms with Crippen molar-refractivity contribution in [2.75, 3.05) is 20.1 Å². The first kappa shape index (κ1) is 20.3. The van der Waals surface area contributed by atoms with Gasteiger partial charge in [0.05, 0.1) is 12.1 Å². The first-order valence-electron chi connectivity index (χ1n) is 9.11. The van der Waals surface area contributed by atoms with Crippen molar-refractivity contribution >= 4 is 36.4 Å². The topological polar surface area (TPSA) is 35.9 Å². The fourth-order valence-electron chi connectivity index (χ4n) is 4.26. The normalized spacial score (nSPS) is 23.7. The predicted molar refractivity (Wildman–Crippen MR) is 106 cm³/mol. The summed E-state index contributed by atoms with van der Waals surface area (Å²) in [5.74, 6) is 0.178. The van der Waals surface area contributed by atoms with Gasteiger partial charge in [-0.3, -0.25) is 9.69 Å². The molecule has 0 unspecified atom stereocenters. The number of hydrogen-bond acceptors (Lipinski definition) is 4. The van der Waals surface area contributed by atoms with Crippen molar-refractivity contribution in [3.8, 4) is 0 Å². The second-order valence-electron chi connectivity index (χ2n) is 7.06. The highest BCUT2D eigenvalue weighted by atomic mass is 35.5. The number of amides is 1. The zero-order chi connectivity index (χ0) is 16.9. The number of hydrogen-bond donors (Lipinski definition) is 0. The van der Waals surface area contributed by atoms with Crippen molar-refractivity contribution in [3.63, 3.8) is 0 Å². The molecule has 0 spiro atoms. The number of carbonyl (C=O) groups is 1. The molecule has 0 aromatic heterocycles. The molecular weight excluding hydrogens is 354 g/mol. The number of rotatable bonds is 5. The van der Waals surface area contributed by atoms with E-state index in [2.05, 4.69) is 9.26 Å². The minimum absolute atomic E-state index is 0. The molecule has 0 radical (unpaired) electrons. The van der Waals surface area contributed by atoms with Crippen LogP contribution in [0.25, 0.3) is 0 Å². The summed E-state index contributed by atoms with van der Waals surface area (Å²) in [4.78, 5) is 17.5. The highest BCUT2D eigenvalue weighted by Crippen LogP contribution is 2.29. The number of halogens is 1. The summed E-state index contributed by atoms with van der Waals surface area (Å²) >= 11 is 4.83. The van der Waals surface area contributed by atoms with Crippen molar-refractivity contribution in [2.24, 2.45) is 4.36 Å². The lowest BCUT2D eigenvalue weighted by molar-refractivity contribution is -0.133. The van der Waals surface area contributed by atoms with Gasteiger partial charge in [0.25, 0.3) is 0 Å². The average molecular weight is 382 g/mol. The van der Waals surface area contributed by atoms with Crippen molar-refractivity contribution in [1.29, 1.82) is 0 Å². The molecule has 1 aliphatic carbocycles. The Morgan fingerprint density at radius 3 is 2.60 bits per heavy atom. The molecule has 1 aromatic carbocycles. The Morgan fingerprint density at radius 1 is 1.20 bits per heavy atom. The molecule has 4 nitrogen and oxygen atoms in total. The van der Waals surface area contributed by atoms with Crippen LogP contribution in [0.3, 0.4) is 0 Å². The maximum atomic E-state index is 12.9. The Morgan fingerprint density at radius 2 is 1.88 bits per heavy atom. The van der Waals surface area contributed by atoms with Gasteiger partial charge in [-0.05, 0) is 50.4 Å². The van der Waals surface area contributed by atoms with Gasteiger partial charge in [0.1, 0.15) is 0 Å². The summed E-state index contributed by atoms with van der Waals surface area (Å²) in [6.45, 7) is 2.39. The number of likely N-dealkylation sites (tertiary alicyclic amines) is 1. The van der Waals surface area contributed by atoms with Crippen LogP contribution in [0.2, 0.25) is 0 Å². The first-order valence-corrected chi connectivity index (χ1v) is 9.48. The van der Waals surface area contributed by atoms with Crippen molar-refractivity contribution < 1.29 is 4.79 Å². The second kappa shape index (κ2) is 9.60. The lowest BCUT2D eigenvalue weighted by Crippen LogP contribution is -2.53. The molecule has 0 N–H and O–H groups in total. The molecule has 1 heterocycles. The van der Waals surface area contributed by atoms with Crippen LogP contribution in [-0.4, -0.2) is 47.9 Å². The molecule has 6 heteroatoms. The molecule has 25 heavy (non-hydrogen) atoms. The van der Waals surface area contributed by atoms with Gasteiger partial charge in [-0.25, -0.2) is 0 Å². The van der Waals surface area contributed by atoms with E-state index < -0.39 is 0 Å². The van der Waals surface area contributed by atoms with E-state index in [1.807, 2.05) is 36.2 Å². The second-order valence-corrected chi connectivity index (χ2v) is 7.25. The van der Waals surface area contributed by atoms with E-state index in [-0.39, 0.29) is 18.3 Å². The van der Waals surface area contributed by atoms with Crippen LogP contribution >= 0.6 is 12.4 Å². The monoisotopic (exact) mass is 381 g/mol. The maximum absolute atomic E-state index is 12.9. The van der Waals surface area contributed by atoms with E-state index >= 15 is 0 Å². The lowest BCUT2D eigenvalue weighted by Gasteiger charge is -2.42. The Bertz CT molecular complexity index is 592. The molecule has 1 saturated carbocycles. The number of benzene rings is 1. The molecule has 1 saturated heterocycles. The summed E-state index contributed by atoms with van der Waals surface area (Å²) in [6, 6.07) is 8.57. The summed E-state index contributed by atoms with van der Waals surface area (Å²) in [5.41, 5.74) is 1.67. The predicted octanol–water partition coefficient (Wildman–Crippen LogP) is 3.88. The Kier molecular flexibility index (Phi) is 7.79. The van der Waals surface area contributed by atoms with E-state index in [0.717, 1.165) is 17.7 Å². The molecule has 3 rings (SSSR count). The first-order chi connectivity index (χ1) is 11.7. The van der Waals surface area contributed by atoms with E-state index in [0.29, 0.717) is 18.5 Å². The number of nitrogens with zero attached hydrogens (tertiary/aromatic N) is 3. The number of carbonyl (C=O) groups excluding carboxylic acids is 1. The minimum Gasteiger partial charge on any atom is -0.341 e. The van der Waals surface area contributed by atoms with Crippen LogP contribution in [0, 0.1) is 0 Å². The highest BCUT2D eigenvalue weighted by molar-refractivity contribution is 7.47. The van der Waals surface area contributed by atoms with Gasteiger partial charge in [0.2, 0.25) is 5.91 Å². The zero-order valence-corrected chi connectivity index (χ0v) is 16.5. The van der Waals surface area contributed by atoms with Crippen LogP contribution in [0.5, 0.6) is 0 Å². The maximum Gasteiger partial charge on any atom is 0.227 e. The van der Waals surface area contributed by atoms with E-state index in [4.69, 9.17) is 12.4 Å². The van der Waals surface area contributed by atoms with Gasteiger partial charge in [-0.2, -0.15) is 4.36 Å². The fourth-order valence-corrected chi connectivity index (χ4v) is 4.44. The summed E-state index contributed by atoms with van der Waals surface area (Å²) in [5, 5.41) is 0. The standard InChI is InChI=1S/C19H27N3OS.ClH/c1-21(19(23)14-15-8-2-3-9-16(15)20-24)17-10-4-5-11-18(17)22-12-6-7-13-22;/h2-3,8-9,17-18H,4-7,10-14H2,1H3;1H/t17-,18-;/m1./s1. The molecule has 138 valence electrons. The van der Waals surface area contributed by atoms with Gasteiger partial charge in [-0.1, -0.05) is 31.0 Å². The molecule has 1 aliphatic heterocycles. The van der Waals surface area contributed by atoms with Crippen LogP contribution < -0.4 is 0 Å². The molecule has 2 atom stereocenters. The fraction of sp³-hybridized carbons (Fsp3) is 0.632. The molecule has 1 aromatic rings. The Hall–Kier alpha value is -1.04. The molecule has 2 fully saturated rings. The minimum atomic E-state index is 0. The SMILES string of the molecule is CN(C(=O)Cc1ccccc1N=S)[C@@H]1CCCC[C@H]1N1CCCC1.Cl. The van der Waals surface area contributed by atoms with Gasteiger partial charge in [0.15, 0.2) is 0 Å². The smallest absolute Gasteiger partial charge is 0.227 e. The average Bonchev–Trinajstić information content (AvgIpc) is 3.16. The Balaban J connectivity index is 0.00000225. The van der Waals surface area contributed by atoms with E-state index in [9.17, 15) is 4.79 Å². The summed E-state index contributed by atoms with van der Waals surface area (Å²) in [6.07, 6.45) is 7.85. The van der Waals surface area contributed by atoms with Crippen LogP contribution in [-0.2, 0) is 23.6 Å². The quantitative estimate of drug-likeness (QED) is 0.776. The third-order valence-electron chi connectivity index (χ3n) is 5.63. The molecule has 1 amide bonds. The highest BCUT2D eigenvalue weighted by Gasteiger charge is 2.35. The third kappa shape index (κ3) is 4.78. The molecule has 0 bridgehead atoms. The van der Waals surface area contributed by atoms with Crippen LogP contribution in [0.4, 0.5) is 5.69 Å². The summed E-state index contributed by atoms with van der Waals surface area (Å²) in [7, 11) is 1.98. The summed E-state index contributed by atoms with van der Waals surface area (Å²) < 4.78 is 3.88. The zero-order valence-electron chi connectivity index (χ0n) is 14.9. The number of likely N-dealkylation sites (N-methyl/N-ethyl adjacent to an activating group) is 1. The third-order valence-corrected chi connectivity index (χ3v) is 5.82. The van der Waals surface area contributed by atoms with Crippen molar-refractivity contribution in [3.05, 3.63) is 29.8 Å². The Labute approximate surface area is 162 Å². The molecule has 2 aliphatic rings. The van der Waals surface area contributed by atoms with Crippen LogP contribution in [0.1, 0.15) is 44.1 Å². The van der Waals surface area contributed by atoms with Crippen molar-refractivity contribution in [1.82, 2.24) is 9.80 Å². The van der Waals surface area contributed by atoms with E-state index in [1.54, 1.807) is 0 Å². The van der Waals surface area contributed by atoms with Crippen LogP contribution in [0.15, 0.2) is 28.6 Å². The molecular formula is C19H28ClN3OS. The van der Waals surface area contributed by atoms with Gasteiger partial charge < -0.3 is 4.90 Å². The van der Waals surface area contributed by atoms with E-state index in [1.165, 1.54) is 45.2 Å². The largest absolute Gasteiger partial charge is 0.341 e. The van der Waals surface area contributed by atoms with Gasteiger partial charge in [0, 0.05) is 31.6 Å². The van der Waals surface area contributed by atoms with Crippen molar-refractivity contribution in [2.45, 2.75) is 57.0 Å². The lowest BCUT2D eigenvalue weighted by atomic mass is 9.88. The van der Waals surface area contributed by atoms with Gasteiger partial charge >= 0.3 is 0 Å². The van der Waals surface area contributed by atoms with Gasteiger partial charge in [-0.15, -0.1) is 12.4 Å².